The van der Waals surface area contributed by atoms with Crippen LogP contribution < -0.4 is 4.74 Å². The van der Waals surface area contributed by atoms with E-state index in [2.05, 4.69) is 0 Å². The molecule has 0 aromatic heterocycles. The number of carbonyl (C=O) groups excluding carboxylic acids is 1. The molecule has 0 unspecified atom stereocenters. The van der Waals surface area contributed by atoms with Crippen molar-refractivity contribution in [2.24, 2.45) is 0 Å². The van der Waals surface area contributed by atoms with Crippen molar-refractivity contribution >= 4 is 13.4 Å². The minimum atomic E-state index is -3.33. The van der Waals surface area contributed by atoms with Gasteiger partial charge in [0.05, 0.1) is 13.2 Å². The lowest BCUT2D eigenvalue weighted by Gasteiger charge is -2.16. The Morgan fingerprint density at radius 1 is 1.11 bits per heavy atom. The summed E-state index contributed by atoms with van der Waals surface area (Å²) in [6.45, 7) is 3.75. The molecule has 0 aliphatic rings. The fourth-order valence-electron chi connectivity index (χ4n) is 1.46. The first-order valence-corrected chi connectivity index (χ1v) is 7.90. The molecule has 0 heterocycles. The van der Waals surface area contributed by atoms with Crippen molar-refractivity contribution in [3.8, 4) is 5.75 Å². The van der Waals surface area contributed by atoms with Gasteiger partial charge >= 0.3 is 7.60 Å². The van der Waals surface area contributed by atoms with Gasteiger partial charge in [0.25, 0.3) is 0 Å². The number of ether oxygens (including phenoxy) is 1. The molecule has 0 aliphatic heterocycles. The molecule has 0 radical (unpaired) electrons. The molecule has 0 fully saturated rings. The van der Waals surface area contributed by atoms with Crippen LogP contribution in [-0.4, -0.2) is 31.8 Å². The fraction of sp³-hybridized carbons (Fsp3) is 0.462. The summed E-state index contributed by atoms with van der Waals surface area (Å²) >= 11 is 0. The minimum absolute atomic E-state index is 0.145. The van der Waals surface area contributed by atoms with Crippen LogP contribution in [-0.2, 0) is 18.4 Å². The van der Waals surface area contributed by atoms with Crippen LogP contribution >= 0.6 is 7.60 Å². The molecule has 1 aromatic rings. The maximum Gasteiger partial charge on any atom is 0.338 e. The van der Waals surface area contributed by atoms with Crippen LogP contribution in [0.2, 0.25) is 0 Å². The molecule has 1 rings (SSSR count). The highest BCUT2D eigenvalue weighted by molar-refractivity contribution is 7.54. The zero-order chi connectivity index (χ0) is 14.1. The lowest BCUT2D eigenvalue weighted by atomic mass is 10.3. The van der Waals surface area contributed by atoms with E-state index in [0.29, 0.717) is 5.75 Å². The maximum atomic E-state index is 12.1. The van der Waals surface area contributed by atoms with E-state index in [4.69, 9.17) is 13.8 Å². The second-order valence-corrected chi connectivity index (χ2v) is 5.80. The van der Waals surface area contributed by atoms with Crippen molar-refractivity contribution in [2.45, 2.75) is 13.8 Å². The molecule has 0 bridgehead atoms. The van der Waals surface area contributed by atoms with Crippen LogP contribution in [0.5, 0.6) is 5.75 Å². The maximum absolute atomic E-state index is 12.1. The van der Waals surface area contributed by atoms with E-state index in [1.807, 2.05) is 18.2 Å². The number of hydrogen-bond acceptors (Lipinski definition) is 5. The van der Waals surface area contributed by atoms with E-state index in [-0.39, 0.29) is 31.8 Å². The number of hydrogen-bond donors (Lipinski definition) is 0. The van der Waals surface area contributed by atoms with Crippen LogP contribution in [0.3, 0.4) is 0 Å². The molecule has 0 saturated carbocycles. The largest absolute Gasteiger partial charge is 0.486 e. The molecule has 5 nitrogen and oxygen atoms in total. The van der Waals surface area contributed by atoms with Gasteiger partial charge in [-0.05, 0) is 26.0 Å². The summed E-state index contributed by atoms with van der Waals surface area (Å²) in [5.74, 6) is 0.285. The van der Waals surface area contributed by atoms with Crippen molar-refractivity contribution < 1.29 is 23.1 Å². The molecule has 1 aromatic carbocycles. The molecule has 0 amide bonds. The molecular weight excluding hydrogens is 267 g/mol. The van der Waals surface area contributed by atoms with E-state index in [0.717, 1.165) is 0 Å². The van der Waals surface area contributed by atoms with Gasteiger partial charge < -0.3 is 13.8 Å². The normalized spacial score (nSPS) is 11.3. The average Bonchev–Trinajstić information content (AvgIpc) is 2.38. The first-order chi connectivity index (χ1) is 9.09. The molecule has 19 heavy (non-hydrogen) atoms. The Hall–Kier alpha value is -1.16. The van der Waals surface area contributed by atoms with E-state index >= 15 is 0 Å². The van der Waals surface area contributed by atoms with Crippen molar-refractivity contribution in [3.63, 3.8) is 0 Å². The standard InChI is InChI=1S/C13H19O5P/c1-3-17-19(15,18-4-2)11-12(14)10-16-13-8-6-5-7-9-13/h5-9H,3-4,10-11H2,1-2H3. The Morgan fingerprint density at radius 2 is 1.68 bits per heavy atom. The molecule has 0 spiro atoms. The third kappa shape index (κ3) is 6.01. The highest BCUT2D eigenvalue weighted by Crippen LogP contribution is 2.47. The highest BCUT2D eigenvalue weighted by atomic mass is 31.2. The summed E-state index contributed by atoms with van der Waals surface area (Å²) in [5.41, 5.74) is 0. The molecule has 106 valence electrons. The quantitative estimate of drug-likeness (QED) is 0.653. The van der Waals surface area contributed by atoms with Crippen molar-refractivity contribution in [3.05, 3.63) is 30.3 Å². The topological polar surface area (TPSA) is 61.8 Å². The number of para-hydroxylation sites is 1. The third-order valence-corrected chi connectivity index (χ3v) is 4.21. The van der Waals surface area contributed by atoms with Gasteiger partial charge in [-0.25, -0.2) is 0 Å². The fourth-order valence-corrected chi connectivity index (χ4v) is 3.03. The second kappa shape index (κ2) is 8.10. The molecular formula is C13H19O5P. The monoisotopic (exact) mass is 286 g/mol. The average molecular weight is 286 g/mol. The molecule has 0 aliphatic carbocycles. The minimum Gasteiger partial charge on any atom is -0.486 e. The van der Waals surface area contributed by atoms with Gasteiger partial charge in [0.1, 0.15) is 18.5 Å². The summed E-state index contributed by atoms with van der Waals surface area (Å²) in [5, 5.41) is 0. The summed E-state index contributed by atoms with van der Waals surface area (Å²) in [7, 11) is -3.33. The zero-order valence-electron chi connectivity index (χ0n) is 11.2. The van der Waals surface area contributed by atoms with E-state index in [1.54, 1.807) is 26.0 Å². The van der Waals surface area contributed by atoms with Gasteiger partial charge in [-0.15, -0.1) is 0 Å². The summed E-state index contributed by atoms with van der Waals surface area (Å²) in [6.07, 6.45) is -0.262. The van der Waals surface area contributed by atoms with E-state index < -0.39 is 7.60 Å². The Labute approximate surface area is 113 Å². The second-order valence-electron chi connectivity index (χ2n) is 3.74. The van der Waals surface area contributed by atoms with Crippen molar-refractivity contribution in [2.75, 3.05) is 26.0 Å². The van der Waals surface area contributed by atoms with Crippen molar-refractivity contribution in [1.29, 1.82) is 0 Å². The van der Waals surface area contributed by atoms with E-state index in [9.17, 15) is 9.36 Å². The van der Waals surface area contributed by atoms with Crippen LogP contribution in [0, 0.1) is 0 Å². The molecule has 0 saturated heterocycles. The lowest BCUT2D eigenvalue weighted by Crippen LogP contribution is -2.17. The van der Waals surface area contributed by atoms with Gasteiger partial charge in [-0.3, -0.25) is 9.36 Å². The summed E-state index contributed by atoms with van der Waals surface area (Å²) in [4.78, 5) is 11.7. The smallest absolute Gasteiger partial charge is 0.338 e. The number of benzene rings is 1. The number of ketones is 1. The predicted molar refractivity (Wildman–Crippen MR) is 72.7 cm³/mol. The summed E-state index contributed by atoms with van der Waals surface area (Å²) < 4.78 is 27.5. The van der Waals surface area contributed by atoms with Crippen LogP contribution in [0.1, 0.15) is 13.8 Å². The van der Waals surface area contributed by atoms with Crippen LogP contribution in [0.25, 0.3) is 0 Å². The third-order valence-electron chi connectivity index (χ3n) is 2.16. The molecule has 0 atom stereocenters. The van der Waals surface area contributed by atoms with Crippen LogP contribution in [0.4, 0.5) is 0 Å². The Kier molecular flexibility index (Phi) is 6.78. The Morgan fingerprint density at radius 3 is 2.21 bits per heavy atom. The highest BCUT2D eigenvalue weighted by Gasteiger charge is 2.27. The Bertz CT molecular complexity index is 422. The van der Waals surface area contributed by atoms with Gasteiger partial charge in [0.15, 0.2) is 5.78 Å². The summed E-state index contributed by atoms with van der Waals surface area (Å²) in [6, 6.07) is 8.97. The first-order valence-electron chi connectivity index (χ1n) is 6.17. The van der Waals surface area contributed by atoms with Gasteiger partial charge in [-0.1, -0.05) is 18.2 Å². The molecule has 0 N–H and O–H groups in total. The zero-order valence-corrected chi connectivity index (χ0v) is 12.1. The van der Waals surface area contributed by atoms with Crippen molar-refractivity contribution in [1.82, 2.24) is 0 Å². The first kappa shape index (κ1) is 15.9. The Balaban J connectivity index is 2.47. The SMILES string of the molecule is CCOP(=O)(CC(=O)COc1ccccc1)OCC. The van der Waals surface area contributed by atoms with Gasteiger partial charge in [0, 0.05) is 0 Å². The van der Waals surface area contributed by atoms with Gasteiger partial charge in [0.2, 0.25) is 0 Å². The number of rotatable bonds is 9. The predicted octanol–water partition coefficient (Wildman–Crippen LogP) is 2.90. The van der Waals surface area contributed by atoms with E-state index in [1.165, 1.54) is 0 Å². The lowest BCUT2D eigenvalue weighted by molar-refractivity contribution is -0.118. The van der Waals surface area contributed by atoms with Crippen LogP contribution in [0.15, 0.2) is 30.3 Å². The number of carbonyl (C=O) groups is 1. The van der Waals surface area contributed by atoms with Gasteiger partial charge in [-0.2, -0.15) is 0 Å². The number of Topliss-reactive ketones (excluding diaryl/α,β-unsaturated/α-hetero) is 1. The molecule has 6 heteroatoms.